The van der Waals surface area contributed by atoms with Gasteiger partial charge in [0.2, 0.25) is 5.91 Å². The predicted molar refractivity (Wildman–Crippen MR) is 97.0 cm³/mol. The van der Waals surface area contributed by atoms with Crippen molar-refractivity contribution in [3.63, 3.8) is 0 Å². The second-order valence-corrected chi connectivity index (χ2v) is 6.79. The third-order valence-electron chi connectivity index (χ3n) is 5.20. The van der Waals surface area contributed by atoms with Crippen LogP contribution in [-0.4, -0.2) is 50.3 Å². The summed E-state index contributed by atoms with van der Waals surface area (Å²) in [5.41, 5.74) is 1.62. The molecule has 1 unspecified atom stereocenters. The van der Waals surface area contributed by atoms with Crippen LogP contribution in [0.25, 0.3) is 11.0 Å². The molecule has 2 fully saturated rings. The first-order chi connectivity index (χ1) is 12.8. The molecular weight excluding hydrogens is 330 g/mol. The molecule has 0 bridgehead atoms. The number of rotatable bonds is 3. The standard InChI is InChI=1S/C18H19N7O/c26-16-4-2-7-24(16)14-9-22-25(11-14)13-5-8-23(10-13)18-15-3-1-6-19-17(15)20-12-21-18/h1,3,6,9,11-13H,2,4-5,7-8,10H2. The summed E-state index contributed by atoms with van der Waals surface area (Å²) >= 11 is 0. The first kappa shape index (κ1) is 15.2. The van der Waals surface area contributed by atoms with Crippen molar-refractivity contribution in [2.24, 2.45) is 0 Å². The highest BCUT2D eigenvalue weighted by Crippen LogP contribution is 2.30. The van der Waals surface area contributed by atoms with Crippen LogP contribution in [0.2, 0.25) is 0 Å². The molecule has 1 amide bonds. The molecule has 2 aliphatic rings. The van der Waals surface area contributed by atoms with Gasteiger partial charge in [0.15, 0.2) is 5.65 Å². The highest BCUT2D eigenvalue weighted by molar-refractivity contribution is 5.95. The van der Waals surface area contributed by atoms with E-state index in [0.29, 0.717) is 6.42 Å². The SMILES string of the molecule is O=C1CCCN1c1cnn(C2CCN(c3ncnc4ncccc34)C2)c1. The van der Waals surface area contributed by atoms with Crippen LogP contribution in [0.1, 0.15) is 25.3 Å². The summed E-state index contributed by atoms with van der Waals surface area (Å²) in [7, 11) is 0. The molecule has 0 saturated carbocycles. The van der Waals surface area contributed by atoms with Crippen LogP contribution in [0.3, 0.4) is 0 Å². The Labute approximate surface area is 150 Å². The lowest BCUT2D eigenvalue weighted by Crippen LogP contribution is -2.23. The Bertz CT molecular complexity index is 964. The first-order valence-electron chi connectivity index (χ1n) is 8.95. The zero-order valence-corrected chi connectivity index (χ0v) is 14.3. The van der Waals surface area contributed by atoms with Gasteiger partial charge in [-0.05, 0) is 25.0 Å². The largest absolute Gasteiger partial charge is 0.354 e. The lowest BCUT2D eigenvalue weighted by atomic mass is 10.3. The molecule has 8 nitrogen and oxygen atoms in total. The van der Waals surface area contributed by atoms with Gasteiger partial charge in [-0.1, -0.05) is 0 Å². The maximum atomic E-state index is 11.9. The van der Waals surface area contributed by atoms with E-state index in [-0.39, 0.29) is 11.9 Å². The van der Waals surface area contributed by atoms with Crippen LogP contribution in [-0.2, 0) is 4.79 Å². The van der Waals surface area contributed by atoms with Gasteiger partial charge in [-0.3, -0.25) is 9.48 Å². The average molecular weight is 349 g/mol. The molecule has 5 rings (SSSR count). The topological polar surface area (TPSA) is 80.0 Å². The first-order valence-corrected chi connectivity index (χ1v) is 8.95. The smallest absolute Gasteiger partial charge is 0.227 e. The number of nitrogens with zero attached hydrogens (tertiary/aromatic N) is 7. The predicted octanol–water partition coefficient (Wildman–Crippen LogP) is 1.80. The van der Waals surface area contributed by atoms with E-state index < -0.39 is 0 Å². The summed E-state index contributed by atoms with van der Waals surface area (Å²) in [5, 5.41) is 5.49. The number of amides is 1. The lowest BCUT2D eigenvalue weighted by molar-refractivity contribution is -0.117. The van der Waals surface area contributed by atoms with Crippen molar-refractivity contribution >= 4 is 28.4 Å². The zero-order chi connectivity index (χ0) is 17.5. The number of pyridine rings is 1. The van der Waals surface area contributed by atoms with Crippen molar-refractivity contribution in [1.29, 1.82) is 0 Å². The van der Waals surface area contributed by atoms with E-state index in [1.165, 1.54) is 0 Å². The van der Waals surface area contributed by atoms with Gasteiger partial charge < -0.3 is 9.80 Å². The molecule has 2 aliphatic heterocycles. The van der Waals surface area contributed by atoms with Gasteiger partial charge >= 0.3 is 0 Å². The lowest BCUT2D eigenvalue weighted by Gasteiger charge is -2.19. The van der Waals surface area contributed by atoms with Crippen molar-refractivity contribution in [2.75, 3.05) is 29.4 Å². The number of hydrogen-bond acceptors (Lipinski definition) is 6. The summed E-state index contributed by atoms with van der Waals surface area (Å²) in [4.78, 5) is 29.1. The van der Waals surface area contributed by atoms with Crippen molar-refractivity contribution in [1.82, 2.24) is 24.7 Å². The summed E-state index contributed by atoms with van der Waals surface area (Å²) in [6.45, 7) is 2.53. The van der Waals surface area contributed by atoms with Gasteiger partial charge in [0, 0.05) is 38.4 Å². The summed E-state index contributed by atoms with van der Waals surface area (Å²) in [5.74, 6) is 1.12. The quantitative estimate of drug-likeness (QED) is 0.717. The van der Waals surface area contributed by atoms with Crippen LogP contribution in [0.4, 0.5) is 11.5 Å². The molecule has 8 heteroatoms. The molecule has 3 aromatic heterocycles. The molecule has 0 spiro atoms. The van der Waals surface area contributed by atoms with Crippen LogP contribution in [0.15, 0.2) is 37.1 Å². The van der Waals surface area contributed by atoms with E-state index in [0.717, 1.165) is 55.0 Å². The van der Waals surface area contributed by atoms with Crippen molar-refractivity contribution in [3.8, 4) is 0 Å². The maximum Gasteiger partial charge on any atom is 0.227 e. The number of hydrogen-bond donors (Lipinski definition) is 0. The minimum atomic E-state index is 0.192. The maximum absolute atomic E-state index is 11.9. The fraction of sp³-hybridized carbons (Fsp3) is 0.389. The number of anilines is 2. The van der Waals surface area contributed by atoms with Gasteiger partial charge in [0.05, 0.1) is 23.3 Å². The normalized spacial score (nSPS) is 20.5. The van der Waals surface area contributed by atoms with E-state index in [1.54, 1.807) is 18.7 Å². The van der Waals surface area contributed by atoms with Crippen LogP contribution < -0.4 is 9.80 Å². The molecule has 2 saturated heterocycles. The van der Waals surface area contributed by atoms with Crippen molar-refractivity contribution < 1.29 is 4.79 Å². The van der Waals surface area contributed by atoms with Gasteiger partial charge in [-0.2, -0.15) is 5.10 Å². The van der Waals surface area contributed by atoms with Gasteiger partial charge in [0.25, 0.3) is 0 Å². The van der Waals surface area contributed by atoms with E-state index in [4.69, 9.17) is 0 Å². The third-order valence-corrected chi connectivity index (χ3v) is 5.20. The number of aromatic nitrogens is 5. The zero-order valence-electron chi connectivity index (χ0n) is 14.3. The fourth-order valence-electron chi connectivity index (χ4n) is 3.87. The summed E-state index contributed by atoms with van der Waals surface area (Å²) < 4.78 is 1.99. The molecule has 26 heavy (non-hydrogen) atoms. The Morgan fingerprint density at radius 1 is 1.15 bits per heavy atom. The molecule has 5 heterocycles. The molecule has 3 aromatic rings. The number of carbonyl (C=O) groups is 1. The average Bonchev–Trinajstić information content (AvgIpc) is 3.41. The van der Waals surface area contributed by atoms with E-state index >= 15 is 0 Å². The summed E-state index contributed by atoms with van der Waals surface area (Å²) in [6.07, 6.45) is 9.67. The van der Waals surface area contributed by atoms with Gasteiger partial charge in [-0.25, -0.2) is 15.0 Å². The molecule has 1 atom stereocenters. The Morgan fingerprint density at radius 2 is 2.12 bits per heavy atom. The van der Waals surface area contributed by atoms with Gasteiger partial charge in [-0.15, -0.1) is 0 Å². The Kier molecular flexibility index (Phi) is 3.55. The second-order valence-electron chi connectivity index (χ2n) is 6.79. The van der Waals surface area contributed by atoms with Gasteiger partial charge in [0.1, 0.15) is 12.1 Å². The third kappa shape index (κ3) is 2.49. The van der Waals surface area contributed by atoms with Crippen molar-refractivity contribution in [3.05, 3.63) is 37.1 Å². The van der Waals surface area contributed by atoms with E-state index in [2.05, 4.69) is 25.0 Å². The number of fused-ring (bicyclic) bond motifs is 1. The van der Waals surface area contributed by atoms with E-state index in [1.807, 2.05) is 27.9 Å². The highest BCUT2D eigenvalue weighted by Gasteiger charge is 2.28. The molecule has 132 valence electrons. The summed E-state index contributed by atoms with van der Waals surface area (Å²) in [6, 6.07) is 4.19. The molecular formula is C18H19N7O. The molecule has 0 aromatic carbocycles. The Hall–Kier alpha value is -3.03. The minimum absolute atomic E-state index is 0.192. The number of carbonyl (C=O) groups excluding carboxylic acids is 1. The molecule has 0 aliphatic carbocycles. The van der Waals surface area contributed by atoms with Crippen LogP contribution in [0.5, 0.6) is 0 Å². The Balaban J connectivity index is 1.37. The minimum Gasteiger partial charge on any atom is -0.354 e. The van der Waals surface area contributed by atoms with E-state index in [9.17, 15) is 4.79 Å². The monoisotopic (exact) mass is 349 g/mol. The van der Waals surface area contributed by atoms with Crippen LogP contribution in [0, 0.1) is 0 Å². The molecule has 0 N–H and O–H groups in total. The highest BCUT2D eigenvalue weighted by atomic mass is 16.2. The van der Waals surface area contributed by atoms with Crippen LogP contribution >= 0.6 is 0 Å². The molecule has 0 radical (unpaired) electrons. The fourth-order valence-corrected chi connectivity index (χ4v) is 3.87. The van der Waals surface area contributed by atoms with Crippen molar-refractivity contribution in [2.45, 2.75) is 25.3 Å². The second kappa shape index (κ2) is 6.05. The Morgan fingerprint density at radius 3 is 3.00 bits per heavy atom.